The summed E-state index contributed by atoms with van der Waals surface area (Å²) in [6, 6.07) is 2.21. The number of aryl methyl sites for hydroxylation is 1. The molecule has 0 aromatic carbocycles. The van der Waals surface area contributed by atoms with Crippen molar-refractivity contribution in [2.75, 3.05) is 31.2 Å². The number of H-pyrrole nitrogens is 1. The molecular formula is C12H15N3O. The molecule has 3 rings (SSSR count). The summed E-state index contributed by atoms with van der Waals surface area (Å²) < 4.78 is 5.35. The Morgan fingerprint density at radius 1 is 1.38 bits per heavy atom. The van der Waals surface area contributed by atoms with Gasteiger partial charge in [0.05, 0.1) is 25.1 Å². The van der Waals surface area contributed by atoms with Gasteiger partial charge in [-0.2, -0.15) is 0 Å². The van der Waals surface area contributed by atoms with E-state index in [4.69, 9.17) is 4.74 Å². The Morgan fingerprint density at radius 2 is 2.19 bits per heavy atom. The molecule has 2 aromatic heterocycles. The molecule has 0 radical (unpaired) electrons. The number of rotatable bonds is 1. The van der Waals surface area contributed by atoms with Crippen LogP contribution in [-0.4, -0.2) is 36.3 Å². The van der Waals surface area contributed by atoms with Crippen LogP contribution in [0.25, 0.3) is 11.0 Å². The van der Waals surface area contributed by atoms with Gasteiger partial charge in [0, 0.05) is 24.7 Å². The molecule has 1 aliphatic heterocycles. The van der Waals surface area contributed by atoms with Gasteiger partial charge < -0.3 is 14.6 Å². The molecule has 84 valence electrons. The van der Waals surface area contributed by atoms with Crippen molar-refractivity contribution in [3.05, 3.63) is 24.0 Å². The minimum atomic E-state index is 0.810. The van der Waals surface area contributed by atoms with Crippen molar-refractivity contribution < 1.29 is 4.74 Å². The second kappa shape index (κ2) is 3.79. The van der Waals surface area contributed by atoms with Crippen LogP contribution >= 0.6 is 0 Å². The van der Waals surface area contributed by atoms with Crippen molar-refractivity contribution in [2.24, 2.45) is 0 Å². The molecule has 0 atom stereocenters. The van der Waals surface area contributed by atoms with E-state index < -0.39 is 0 Å². The predicted octanol–water partition coefficient (Wildman–Crippen LogP) is 1.71. The Kier molecular flexibility index (Phi) is 2.29. The van der Waals surface area contributed by atoms with Gasteiger partial charge in [-0.15, -0.1) is 0 Å². The van der Waals surface area contributed by atoms with Crippen molar-refractivity contribution in [2.45, 2.75) is 6.92 Å². The van der Waals surface area contributed by atoms with E-state index in [1.54, 1.807) is 0 Å². The first-order valence-electron chi connectivity index (χ1n) is 5.61. The summed E-state index contributed by atoms with van der Waals surface area (Å²) in [5, 5.41) is 1.21. The molecule has 4 nitrogen and oxygen atoms in total. The Labute approximate surface area is 94.2 Å². The second-order valence-corrected chi connectivity index (χ2v) is 4.16. The topological polar surface area (TPSA) is 41.2 Å². The van der Waals surface area contributed by atoms with Crippen molar-refractivity contribution in [3.8, 4) is 0 Å². The number of pyridine rings is 1. The smallest absolute Gasteiger partial charge is 0.137 e. The maximum absolute atomic E-state index is 5.35. The lowest BCUT2D eigenvalue weighted by Gasteiger charge is -2.28. The molecule has 0 saturated carbocycles. The third-order valence-electron chi connectivity index (χ3n) is 3.10. The minimum absolute atomic E-state index is 0.810. The summed E-state index contributed by atoms with van der Waals surface area (Å²) >= 11 is 0. The first kappa shape index (κ1) is 9.66. The van der Waals surface area contributed by atoms with Crippen LogP contribution in [0.3, 0.4) is 0 Å². The summed E-state index contributed by atoms with van der Waals surface area (Å²) in [5.74, 6) is 0. The molecule has 0 unspecified atom stereocenters. The highest BCUT2D eigenvalue weighted by molar-refractivity contribution is 5.82. The normalized spacial score (nSPS) is 16.9. The van der Waals surface area contributed by atoms with Gasteiger partial charge in [-0.1, -0.05) is 0 Å². The summed E-state index contributed by atoms with van der Waals surface area (Å²) in [5.41, 5.74) is 3.41. The Morgan fingerprint density at radius 3 is 3.00 bits per heavy atom. The fraction of sp³-hybridized carbons (Fsp3) is 0.417. The van der Waals surface area contributed by atoms with Gasteiger partial charge in [0.15, 0.2) is 0 Å². The lowest BCUT2D eigenvalue weighted by Crippen LogP contribution is -2.36. The van der Waals surface area contributed by atoms with E-state index in [0.717, 1.165) is 32.0 Å². The maximum atomic E-state index is 5.35. The maximum Gasteiger partial charge on any atom is 0.137 e. The van der Waals surface area contributed by atoms with Crippen LogP contribution < -0.4 is 4.90 Å². The molecule has 16 heavy (non-hydrogen) atoms. The average Bonchev–Trinajstić information content (AvgIpc) is 2.72. The van der Waals surface area contributed by atoms with E-state index in [1.807, 2.05) is 12.4 Å². The fourth-order valence-electron chi connectivity index (χ4n) is 2.12. The zero-order valence-corrected chi connectivity index (χ0v) is 9.36. The summed E-state index contributed by atoms with van der Waals surface area (Å²) in [6.07, 6.45) is 3.93. The summed E-state index contributed by atoms with van der Waals surface area (Å²) in [6.45, 7) is 5.63. The van der Waals surface area contributed by atoms with Crippen LogP contribution in [-0.2, 0) is 4.74 Å². The molecule has 2 aromatic rings. The van der Waals surface area contributed by atoms with Gasteiger partial charge in [-0.3, -0.25) is 0 Å². The van der Waals surface area contributed by atoms with E-state index in [1.165, 1.54) is 16.6 Å². The van der Waals surface area contributed by atoms with Gasteiger partial charge in [-0.25, -0.2) is 4.98 Å². The molecular weight excluding hydrogens is 202 g/mol. The van der Waals surface area contributed by atoms with Gasteiger partial charge in [-0.05, 0) is 18.6 Å². The minimum Gasteiger partial charge on any atom is -0.378 e. The van der Waals surface area contributed by atoms with Crippen LogP contribution in [0.1, 0.15) is 5.56 Å². The fourth-order valence-corrected chi connectivity index (χ4v) is 2.12. The lowest BCUT2D eigenvalue weighted by atomic mass is 10.2. The number of nitrogens with one attached hydrogen (secondary N) is 1. The number of ether oxygens (including phenoxy) is 1. The Hall–Kier alpha value is -1.55. The molecule has 0 spiro atoms. The van der Waals surface area contributed by atoms with E-state index in [9.17, 15) is 0 Å². The van der Waals surface area contributed by atoms with Crippen LogP contribution in [0.2, 0.25) is 0 Å². The van der Waals surface area contributed by atoms with Crippen molar-refractivity contribution in [3.63, 3.8) is 0 Å². The number of nitrogens with zero attached hydrogens (tertiary/aromatic N) is 2. The first-order valence-corrected chi connectivity index (χ1v) is 5.61. The first-order chi connectivity index (χ1) is 7.84. The quantitative estimate of drug-likeness (QED) is 0.790. The highest BCUT2D eigenvalue weighted by Gasteiger charge is 2.12. The van der Waals surface area contributed by atoms with E-state index in [0.29, 0.717) is 0 Å². The summed E-state index contributed by atoms with van der Waals surface area (Å²) in [4.78, 5) is 9.92. The van der Waals surface area contributed by atoms with Gasteiger partial charge in [0.25, 0.3) is 0 Å². The largest absolute Gasteiger partial charge is 0.378 e. The van der Waals surface area contributed by atoms with Crippen LogP contribution in [0, 0.1) is 6.92 Å². The SMILES string of the molecule is Cc1c[nH]c2ncc(N3CCOCC3)cc12. The Balaban J connectivity index is 1.99. The Bertz CT molecular complexity index is 500. The summed E-state index contributed by atoms with van der Waals surface area (Å²) in [7, 11) is 0. The van der Waals surface area contributed by atoms with Crippen LogP contribution in [0.15, 0.2) is 18.5 Å². The van der Waals surface area contributed by atoms with Gasteiger partial charge in [0.1, 0.15) is 5.65 Å². The number of hydrogen-bond acceptors (Lipinski definition) is 3. The van der Waals surface area contributed by atoms with Gasteiger partial charge in [0.2, 0.25) is 0 Å². The third-order valence-corrected chi connectivity index (χ3v) is 3.10. The molecule has 4 heteroatoms. The second-order valence-electron chi connectivity index (χ2n) is 4.16. The zero-order chi connectivity index (χ0) is 11.0. The van der Waals surface area contributed by atoms with Crippen LogP contribution in [0.5, 0.6) is 0 Å². The molecule has 1 fully saturated rings. The predicted molar refractivity (Wildman–Crippen MR) is 63.9 cm³/mol. The van der Waals surface area contributed by atoms with Gasteiger partial charge >= 0.3 is 0 Å². The number of morpholine rings is 1. The monoisotopic (exact) mass is 217 g/mol. The molecule has 0 aliphatic carbocycles. The van der Waals surface area contributed by atoms with E-state index >= 15 is 0 Å². The highest BCUT2D eigenvalue weighted by atomic mass is 16.5. The van der Waals surface area contributed by atoms with E-state index in [2.05, 4.69) is 27.9 Å². The van der Waals surface area contributed by atoms with E-state index in [-0.39, 0.29) is 0 Å². The molecule has 3 heterocycles. The lowest BCUT2D eigenvalue weighted by molar-refractivity contribution is 0.122. The molecule has 1 N–H and O–H groups in total. The number of aromatic amines is 1. The number of aromatic nitrogens is 2. The van der Waals surface area contributed by atoms with Crippen molar-refractivity contribution in [1.29, 1.82) is 0 Å². The third kappa shape index (κ3) is 1.55. The number of hydrogen-bond donors (Lipinski definition) is 1. The van der Waals surface area contributed by atoms with Crippen molar-refractivity contribution >= 4 is 16.7 Å². The molecule has 0 bridgehead atoms. The number of anilines is 1. The molecule has 1 aliphatic rings. The number of fused-ring (bicyclic) bond motifs is 1. The molecule has 0 amide bonds. The molecule has 1 saturated heterocycles. The zero-order valence-electron chi connectivity index (χ0n) is 9.36. The standard InChI is InChI=1S/C12H15N3O/c1-9-7-13-12-11(9)6-10(8-14-12)15-2-4-16-5-3-15/h6-8H,2-5H2,1H3,(H,13,14). The van der Waals surface area contributed by atoms with Crippen LogP contribution in [0.4, 0.5) is 5.69 Å². The average molecular weight is 217 g/mol. The van der Waals surface area contributed by atoms with Crippen molar-refractivity contribution in [1.82, 2.24) is 9.97 Å². The highest BCUT2D eigenvalue weighted by Crippen LogP contribution is 2.22.